The van der Waals surface area contributed by atoms with Crippen molar-refractivity contribution in [2.24, 2.45) is 5.92 Å². The van der Waals surface area contributed by atoms with Gasteiger partial charge in [0.15, 0.2) is 0 Å². The van der Waals surface area contributed by atoms with Crippen LogP contribution in [0.25, 0.3) is 0 Å². The SMILES string of the molecule is O=C(NC1CCCCC1)c1cn2c(nc1=O)[C@H]1CN(Cc3ccco3)C[C@H]1C2. The molecule has 0 unspecified atom stereocenters. The quantitative estimate of drug-likeness (QED) is 0.876. The Bertz CT molecular complexity index is 914. The van der Waals surface area contributed by atoms with Crippen molar-refractivity contribution in [1.82, 2.24) is 19.8 Å². The van der Waals surface area contributed by atoms with Gasteiger partial charge in [0, 0.05) is 43.7 Å². The predicted octanol–water partition coefficient (Wildman–Crippen LogP) is 2.13. The summed E-state index contributed by atoms with van der Waals surface area (Å²) in [5.41, 5.74) is -0.216. The second kappa shape index (κ2) is 7.20. The topological polar surface area (TPSA) is 80.4 Å². The van der Waals surface area contributed by atoms with Gasteiger partial charge in [0.1, 0.15) is 17.1 Å². The lowest BCUT2D eigenvalue weighted by molar-refractivity contribution is 0.0925. The molecule has 2 aromatic heterocycles. The van der Waals surface area contributed by atoms with Crippen LogP contribution in [-0.4, -0.2) is 39.5 Å². The maximum Gasteiger partial charge on any atom is 0.285 e. The van der Waals surface area contributed by atoms with Gasteiger partial charge < -0.3 is 14.3 Å². The molecule has 1 saturated carbocycles. The summed E-state index contributed by atoms with van der Waals surface area (Å²) in [5, 5.41) is 3.04. The summed E-state index contributed by atoms with van der Waals surface area (Å²) in [6, 6.07) is 4.08. The first-order chi connectivity index (χ1) is 13.7. The Hall–Kier alpha value is -2.41. The number of hydrogen-bond donors (Lipinski definition) is 1. The maximum atomic E-state index is 12.6. The molecule has 0 radical (unpaired) electrons. The van der Waals surface area contributed by atoms with Gasteiger partial charge in [-0.25, -0.2) is 0 Å². The molecule has 2 atom stereocenters. The van der Waals surface area contributed by atoms with E-state index in [2.05, 4.69) is 15.2 Å². The molecule has 2 aliphatic heterocycles. The number of likely N-dealkylation sites (tertiary alicyclic amines) is 1. The minimum Gasteiger partial charge on any atom is -0.468 e. The number of carbonyl (C=O) groups excluding carboxylic acids is 1. The third-order valence-electron chi connectivity index (χ3n) is 6.45. The molecule has 4 heterocycles. The Labute approximate surface area is 163 Å². The normalized spacial score (nSPS) is 24.9. The van der Waals surface area contributed by atoms with E-state index >= 15 is 0 Å². The van der Waals surface area contributed by atoms with Crippen molar-refractivity contribution in [1.29, 1.82) is 0 Å². The number of amides is 1. The van der Waals surface area contributed by atoms with Crippen LogP contribution in [0.5, 0.6) is 0 Å². The van der Waals surface area contributed by atoms with Gasteiger partial charge in [-0.2, -0.15) is 4.98 Å². The number of rotatable bonds is 4. The molecule has 0 spiro atoms. The number of nitrogens with zero attached hydrogens (tertiary/aromatic N) is 3. The summed E-state index contributed by atoms with van der Waals surface area (Å²) >= 11 is 0. The lowest BCUT2D eigenvalue weighted by atomic mass is 9.95. The first kappa shape index (κ1) is 17.7. The molecule has 1 aliphatic carbocycles. The van der Waals surface area contributed by atoms with Crippen LogP contribution >= 0.6 is 0 Å². The van der Waals surface area contributed by atoms with Gasteiger partial charge in [0.2, 0.25) is 0 Å². The molecule has 2 aromatic rings. The lowest BCUT2D eigenvalue weighted by Crippen LogP contribution is -2.39. The van der Waals surface area contributed by atoms with Crippen molar-refractivity contribution in [2.45, 2.75) is 57.2 Å². The summed E-state index contributed by atoms with van der Waals surface area (Å²) in [6.07, 6.45) is 8.95. The fourth-order valence-corrected chi connectivity index (χ4v) is 5.06. The first-order valence-corrected chi connectivity index (χ1v) is 10.3. The van der Waals surface area contributed by atoms with E-state index in [1.54, 1.807) is 12.5 Å². The fraction of sp³-hybridized carbons (Fsp3) is 0.571. The number of hydrogen-bond acceptors (Lipinski definition) is 5. The van der Waals surface area contributed by atoms with Crippen LogP contribution in [0.2, 0.25) is 0 Å². The van der Waals surface area contributed by atoms with Gasteiger partial charge in [-0.05, 0) is 25.0 Å². The fourth-order valence-electron chi connectivity index (χ4n) is 5.06. The van der Waals surface area contributed by atoms with Gasteiger partial charge in [-0.1, -0.05) is 19.3 Å². The maximum absolute atomic E-state index is 12.6. The summed E-state index contributed by atoms with van der Waals surface area (Å²) in [4.78, 5) is 31.9. The lowest BCUT2D eigenvalue weighted by Gasteiger charge is -2.22. The summed E-state index contributed by atoms with van der Waals surface area (Å²) in [6.45, 7) is 3.41. The molecule has 0 bridgehead atoms. The largest absolute Gasteiger partial charge is 0.468 e. The molecule has 7 heteroatoms. The highest BCUT2D eigenvalue weighted by Gasteiger charge is 2.41. The monoisotopic (exact) mass is 382 g/mol. The molecule has 3 aliphatic rings. The zero-order valence-electron chi connectivity index (χ0n) is 16.0. The number of furan rings is 1. The Morgan fingerprint density at radius 2 is 2.07 bits per heavy atom. The third-order valence-corrected chi connectivity index (χ3v) is 6.45. The van der Waals surface area contributed by atoms with Crippen molar-refractivity contribution in [3.63, 3.8) is 0 Å². The van der Waals surface area contributed by atoms with Crippen LogP contribution < -0.4 is 10.9 Å². The molecule has 1 saturated heterocycles. The number of fused-ring (bicyclic) bond motifs is 3. The summed E-state index contributed by atoms with van der Waals surface area (Å²) in [7, 11) is 0. The molecule has 2 fully saturated rings. The molecule has 28 heavy (non-hydrogen) atoms. The van der Waals surface area contributed by atoms with Crippen LogP contribution in [0.4, 0.5) is 0 Å². The second-order valence-electron chi connectivity index (χ2n) is 8.42. The van der Waals surface area contributed by atoms with Crippen LogP contribution in [-0.2, 0) is 13.1 Å². The molecule has 1 amide bonds. The number of carbonyl (C=O) groups is 1. The van der Waals surface area contributed by atoms with E-state index in [0.717, 1.165) is 63.4 Å². The Morgan fingerprint density at radius 1 is 1.21 bits per heavy atom. The van der Waals surface area contributed by atoms with E-state index in [1.165, 1.54) is 6.42 Å². The van der Waals surface area contributed by atoms with E-state index in [1.807, 2.05) is 16.7 Å². The molecule has 1 N–H and O–H groups in total. The Balaban J connectivity index is 1.30. The van der Waals surface area contributed by atoms with Crippen LogP contribution in [0, 0.1) is 5.92 Å². The van der Waals surface area contributed by atoms with E-state index in [0.29, 0.717) is 5.92 Å². The Morgan fingerprint density at radius 3 is 2.86 bits per heavy atom. The smallest absolute Gasteiger partial charge is 0.285 e. The summed E-state index contributed by atoms with van der Waals surface area (Å²) in [5.74, 6) is 2.19. The molecule has 7 nitrogen and oxygen atoms in total. The van der Waals surface area contributed by atoms with Gasteiger partial charge in [-0.15, -0.1) is 0 Å². The average molecular weight is 382 g/mol. The first-order valence-electron chi connectivity index (χ1n) is 10.3. The van der Waals surface area contributed by atoms with Gasteiger partial charge in [0.25, 0.3) is 11.5 Å². The van der Waals surface area contributed by atoms with E-state index in [4.69, 9.17) is 4.42 Å². The number of nitrogens with one attached hydrogen (secondary N) is 1. The molecular formula is C21H26N4O3. The van der Waals surface area contributed by atoms with Crippen molar-refractivity contribution in [3.05, 3.63) is 52.1 Å². The van der Waals surface area contributed by atoms with E-state index < -0.39 is 5.56 Å². The second-order valence-corrected chi connectivity index (χ2v) is 8.42. The van der Waals surface area contributed by atoms with Crippen LogP contribution in [0.15, 0.2) is 33.8 Å². The highest BCUT2D eigenvalue weighted by Crippen LogP contribution is 2.38. The van der Waals surface area contributed by atoms with E-state index in [9.17, 15) is 9.59 Å². The van der Waals surface area contributed by atoms with Crippen molar-refractivity contribution < 1.29 is 9.21 Å². The Kier molecular flexibility index (Phi) is 4.55. The van der Waals surface area contributed by atoms with Gasteiger partial charge in [0.05, 0.1) is 12.8 Å². The predicted molar refractivity (Wildman–Crippen MR) is 103 cm³/mol. The van der Waals surface area contributed by atoms with E-state index in [-0.39, 0.29) is 23.4 Å². The minimum absolute atomic E-state index is 0.182. The highest BCUT2D eigenvalue weighted by molar-refractivity contribution is 5.93. The van der Waals surface area contributed by atoms with Gasteiger partial charge >= 0.3 is 0 Å². The average Bonchev–Trinajstić information content (AvgIpc) is 3.39. The summed E-state index contributed by atoms with van der Waals surface area (Å²) < 4.78 is 7.48. The van der Waals surface area contributed by atoms with Crippen LogP contribution in [0.3, 0.4) is 0 Å². The van der Waals surface area contributed by atoms with Crippen molar-refractivity contribution in [3.8, 4) is 0 Å². The number of aromatic nitrogens is 2. The standard InChI is InChI=1S/C21H26N4O3/c26-20(22-15-5-2-1-3-6-15)18-13-25-10-14-9-24(11-16-7-4-8-28-16)12-17(14)19(25)23-21(18)27/h4,7-8,13-15,17H,1-3,5-6,9-12H2,(H,22,26)/t14-,17-/m0/s1. The minimum atomic E-state index is -0.398. The van der Waals surface area contributed by atoms with Crippen molar-refractivity contribution >= 4 is 5.91 Å². The molecule has 0 aromatic carbocycles. The van der Waals surface area contributed by atoms with Crippen LogP contribution in [0.1, 0.15) is 60.0 Å². The van der Waals surface area contributed by atoms with Crippen molar-refractivity contribution in [2.75, 3.05) is 13.1 Å². The third kappa shape index (κ3) is 3.28. The highest BCUT2D eigenvalue weighted by atomic mass is 16.3. The molecular weight excluding hydrogens is 356 g/mol. The molecule has 5 rings (SSSR count). The van der Waals surface area contributed by atoms with Gasteiger partial charge in [-0.3, -0.25) is 14.5 Å². The zero-order chi connectivity index (χ0) is 19.1. The zero-order valence-corrected chi connectivity index (χ0v) is 16.0. The molecule has 148 valence electrons.